The summed E-state index contributed by atoms with van der Waals surface area (Å²) in [6.07, 6.45) is 5.16. The summed E-state index contributed by atoms with van der Waals surface area (Å²) in [6, 6.07) is 7.20. The van der Waals surface area contributed by atoms with E-state index in [1.54, 1.807) is 0 Å². The van der Waals surface area contributed by atoms with Crippen LogP contribution < -0.4 is 5.32 Å². The largest absolute Gasteiger partial charge is 0.353 e. The summed E-state index contributed by atoms with van der Waals surface area (Å²) in [6.45, 7) is 0. The average Bonchev–Trinajstić information content (AvgIpc) is 2.98. The molecule has 1 saturated heterocycles. The maximum absolute atomic E-state index is 13.0. The van der Waals surface area contributed by atoms with Gasteiger partial charge in [-0.3, -0.25) is 4.79 Å². The van der Waals surface area contributed by atoms with Crippen molar-refractivity contribution >= 4 is 5.91 Å². The molecule has 2 unspecified atom stereocenters. The zero-order chi connectivity index (χ0) is 12.5. The summed E-state index contributed by atoms with van der Waals surface area (Å²) < 4.78 is 13.0. The molecule has 1 aliphatic carbocycles. The fourth-order valence-electron chi connectivity index (χ4n) is 3.55. The van der Waals surface area contributed by atoms with Crippen LogP contribution >= 0.6 is 0 Å². The summed E-state index contributed by atoms with van der Waals surface area (Å²) in [5, 5.41) is 3.09. The fourth-order valence-corrected chi connectivity index (χ4v) is 3.55. The molecular formula is C15H18FNO. The second-order valence-corrected chi connectivity index (χ2v) is 5.47. The van der Waals surface area contributed by atoms with Crippen LogP contribution in [0.15, 0.2) is 24.3 Å². The van der Waals surface area contributed by atoms with Gasteiger partial charge in [0.05, 0.1) is 0 Å². The van der Waals surface area contributed by atoms with Crippen LogP contribution in [0.4, 0.5) is 4.39 Å². The molecule has 0 radical (unpaired) electrons. The number of amides is 1. The molecule has 3 heteroatoms. The molecular weight excluding hydrogens is 229 g/mol. The quantitative estimate of drug-likeness (QED) is 0.855. The first kappa shape index (κ1) is 11.7. The van der Waals surface area contributed by atoms with E-state index in [1.807, 2.05) is 12.1 Å². The van der Waals surface area contributed by atoms with Gasteiger partial charge < -0.3 is 5.32 Å². The van der Waals surface area contributed by atoms with Crippen LogP contribution in [-0.4, -0.2) is 11.9 Å². The first-order valence-electron chi connectivity index (χ1n) is 6.79. The molecule has 1 aromatic rings. The van der Waals surface area contributed by atoms with E-state index in [9.17, 15) is 9.18 Å². The van der Waals surface area contributed by atoms with Crippen molar-refractivity contribution in [1.82, 2.24) is 5.32 Å². The third-order valence-electron chi connectivity index (χ3n) is 4.41. The molecule has 0 spiro atoms. The van der Waals surface area contributed by atoms with Crippen molar-refractivity contribution in [2.24, 2.45) is 5.92 Å². The van der Waals surface area contributed by atoms with Crippen LogP contribution in [0.1, 0.15) is 43.6 Å². The second-order valence-electron chi connectivity index (χ2n) is 5.47. The third kappa shape index (κ3) is 2.14. The summed E-state index contributed by atoms with van der Waals surface area (Å²) in [5.74, 6) is 1.02. The zero-order valence-corrected chi connectivity index (χ0v) is 10.4. The number of rotatable bonds is 2. The van der Waals surface area contributed by atoms with E-state index in [0.717, 1.165) is 12.8 Å². The van der Waals surface area contributed by atoms with Gasteiger partial charge in [-0.1, -0.05) is 18.6 Å². The smallest absolute Gasteiger partial charge is 0.220 e. The molecule has 3 rings (SSSR count). The maximum Gasteiger partial charge on any atom is 0.220 e. The number of hydrogen-bond acceptors (Lipinski definition) is 1. The minimum absolute atomic E-state index is 0.178. The minimum Gasteiger partial charge on any atom is -0.353 e. The van der Waals surface area contributed by atoms with Gasteiger partial charge in [0.25, 0.3) is 0 Å². The molecule has 1 aromatic carbocycles. The molecule has 1 aliphatic heterocycles. The molecule has 1 N–H and O–H groups in total. The summed E-state index contributed by atoms with van der Waals surface area (Å²) in [5.41, 5.74) is 1.22. The number of carbonyl (C=O) groups is 1. The van der Waals surface area contributed by atoms with Gasteiger partial charge in [0.2, 0.25) is 5.91 Å². The highest BCUT2D eigenvalue weighted by molar-refractivity contribution is 5.78. The lowest BCUT2D eigenvalue weighted by atomic mass is 9.83. The van der Waals surface area contributed by atoms with Crippen molar-refractivity contribution in [1.29, 1.82) is 0 Å². The Kier molecular flexibility index (Phi) is 3.06. The van der Waals surface area contributed by atoms with E-state index in [0.29, 0.717) is 24.3 Å². The molecule has 0 bridgehead atoms. The maximum atomic E-state index is 13.0. The van der Waals surface area contributed by atoms with Gasteiger partial charge in [0.1, 0.15) is 5.82 Å². The Bertz CT molecular complexity index is 442. The predicted molar refractivity (Wildman–Crippen MR) is 67.6 cm³/mol. The van der Waals surface area contributed by atoms with Gasteiger partial charge in [-0.25, -0.2) is 4.39 Å². The number of benzene rings is 1. The first-order chi connectivity index (χ1) is 8.74. The lowest BCUT2D eigenvalue weighted by molar-refractivity contribution is -0.119. The average molecular weight is 247 g/mol. The summed E-state index contributed by atoms with van der Waals surface area (Å²) in [4.78, 5) is 11.3. The normalized spacial score (nSPS) is 31.6. The first-order valence-corrected chi connectivity index (χ1v) is 6.79. The van der Waals surface area contributed by atoms with Crippen molar-refractivity contribution in [3.8, 4) is 0 Å². The van der Waals surface area contributed by atoms with E-state index in [-0.39, 0.29) is 11.7 Å². The van der Waals surface area contributed by atoms with Gasteiger partial charge in [-0.15, -0.1) is 0 Å². The Hall–Kier alpha value is -1.38. The Morgan fingerprint density at radius 3 is 2.56 bits per heavy atom. The van der Waals surface area contributed by atoms with Gasteiger partial charge >= 0.3 is 0 Å². The molecule has 1 amide bonds. The Balaban J connectivity index is 1.78. The number of carbonyl (C=O) groups excluding carboxylic acids is 1. The van der Waals surface area contributed by atoms with Crippen molar-refractivity contribution in [3.63, 3.8) is 0 Å². The lowest BCUT2D eigenvalue weighted by Crippen LogP contribution is -2.34. The van der Waals surface area contributed by atoms with Gasteiger partial charge in [0.15, 0.2) is 0 Å². The molecule has 3 atom stereocenters. The number of nitrogens with one attached hydrogen (secondary N) is 1. The fraction of sp³-hybridized carbons (Fsp3) is 0.533. The molecule has 2 fully saturated rings. The van der Waals surface area contributed by atoms with E-state index in [4.69, 9.17) is 0 Å². The molecule has 0 aromatic heterocycles. The lowest BCUT2D eigenvalue weighted by Gasteiger charge is -2.25. The van der Waals surface area contributed by atoms with Gasteiger partial charge in [-0.05, 0) is 48.8 Å². The molecule has 1 saturated carbocycles. The third-order valence-corrected chi connectivity index (χ3v) is 4.41. The Morgan fingerprint density at radius 1 is 1.11 bits per heavy atom. The van der Waals surface area contributed by atoms with Crippen LogP contribution in [0.3, 0.4) is 0 Å². The zero-order valence-electron chi connectivity index (χ0n) is 10.4. The van der Waals surface area contributed by atoms with Gasteiger partial charge in [-0.2, -0.15) is 0 Å². The monoisotopic (exact) mass is 247 g/mol. The van der Waals surface area contributed by atoms with E-state index in [2.05, 4.69) is 5.32 Å². The van der Waals surface area contributed by atoms with Crippen LogP contribution in [0.5, 0.6) is 0 Å². The minimum atomic E-state index is -0.178. The topological polar surface area (TPSA) is 29.1 Å². The molecule has 1 heterocycles. The SMILES string of the molecule is O=C1CC[C@H](C2CCCC2c2ccc(F)cc2)N1. The molecule has 2 nitrogen and oxygen atoms in total. The Labute approximate surface area is 107 Å². The highest BCUT2D eigenvalue weighted by Crippen LogP contribution is 2.43. The molecule has 2 aliphatic rings. The summed E-state index contributed by atoms with van der Waals surface area (Å²) in [7, 11) is 0. The summed E-state index contributed by atoms with van der Waals surface area (Å²) >= 11 is 0. The van der Waals surface area contributed by atoms with E-state index < -0.39 is 0 Å². The van der Waals surface area contributed by atoms with Crippen LogP contribution in [0.25, 0.3) is 0 Å². The van der Waals surface area contributed by atoms with Crippen LogP contribution in [0, 0.1) is 11.7 Å². The van der Waals surface area contributed by atoms with Crippen molar-refractivity contribution in [3.05, 3.63) is 35.6 Å². The van der Waals surface area contributed by atoms with E-state index in [1.165, 1.54) is 30.5 Å². The van der Waals surface area contributed by atoms with Crippen LogP contribution in [-0.2, 0) is 4.79 Å². The molecule has 96 valence electrons. The number of halogens is 1. The highest BCUT2D eigenvalue weighted by atomic mass is 19.1. The second kappa shape index (κ2) is 4.71. The predicted octanol–water partition coefficient (Wildman–Crippen LogP) is 2.99. The van der Waals surface area contributed by atoms with Gasteiger partial charge in [0, 0.05) is 12.5 Å². The molecule has 18 heavy (non-hydrogen) atoms. The van der Waals surface area contributed by atoms with Crippen molar-refractivity contribution in [2.45, 2.75) is 44.1 Å². The number of hydrogen-bond donors (Lipinski definition) is 1. The highest BCUT2D eigenvalue weighted by Gasteiger charge is 2.37. The van der Waals surface area contributed by atoms with E-state index >= 15 is 0 Å². The standard InChI is InChI=1S/C15H18FNO/c16-11-6-4-10(5-7-11)12-2-1-3-13(12)14-8-9-15(18)17-14/h4-7,12-14H,1-3,8-9H2,(H,17,18)/t12?,13?,14-/m1/s1. The Morgan fingerprint density at radius 2 is 1.89 bits per heavy atom. The van der Waals surface area contributed by atoms with Crippen molar-refractivity contribution < 1.29 is 9.18 Å². The van der Waals surface area contributed by atoms with Crippen molar-refractivity contribution in [2.75, 3.05) is 0 Å². The van der Waals surface area contributed by atoms with Crippen LogP contribution in [0.2, 0.25) is 0 Å².